The van der Waals surface area contributed by atoms with Gasteiger partial charge in [0.25, 0.3) is 0 Å². The highest BCUT2D eigenvalue weighted by Gasteiger charge is 2.23. The van der Waals surface area contributed by atoms with Crippen molar-refractivity contribution in [2.24, 2.45) is 13.0 Å². The van der Waals surface area contributed by atoms with E-state index in [1.807, 2.05) is 43.3 Å². The lowest BCUT2D eigenvalue weighted by Gasteiger charge is -2.31. The van der Waals surface area contributed by atoms with E-state index in [1.165, 1.54) is 4.68 Å². The third-order valence-electron chi connectivity index (χ3n) is 5.24. The fourth-order valence-corrected chi connectivity index (χ4v) is 3.80. The Morgan fingerprint density at radius 3 is 2.59 bits per heavy atom. The second-order valence-electron chi connectivity index (χ2n) is 7.35. The van der Waals surface area contributed by atoms with E-state index in [2.05, 4.69) is 15.2 Å². The number of hydrogen-bond donors (Lipinski definition) is 0. The first-order chi connectivity index (χ1) is 13.1. The number of rotatable bonds is 5. The molecule has 7 heteroatoms. The molecule has 0 saturated carbocycles. The molecule has 1 aliphatic heterocycles. The number of hydrogen-bond acceptors (Lipinski definition) is 5. The molecule has 4 rings (SSSR count). The number of likely N-dealkylation sites (tertiary alicyclic amines) is 1. The van der Waals surface area contributed by atoms with E-state index in [0.29, 0.717) is 5.92 Å². The van der Waals surface area contributed by atoms with Crippen LogP contribution < -0.4 is 5.69 Å². The Morgan fingerprint density at radius 2 is 1.93 bits per heavy atom. The largest absolute Gasteiger partial charge is 0.360 e. The van der Waals surface area contributed by atoms with Crippen LogP contribution in [0.15, 0.2) is 45.7 Å². The number of benzene rings is 1. The minimum Gasteiger partial charge on any atom is -0.360 e. The fourth-order valence-electron chi connectivity index (χ4n) is 3.80. The average Bonchev–Trinajstić information content (AvgIpc) is 3.20. The first-order valence-corrected chi connectivity index (χ1v) is 9.45. The van der Waals surface area contributed by atoms with Crippen LogP contribution in [0.3, 0.4) is 0 Å². The lowest BCUT2D eigenvalue weighted by atomic mass is 9.93. The number of piperidine rings is 1. The van der Waals surface area contributed by atoms with Gasteiger partial charge in [-0.25, -0.2) is 14.0 Å². The van der Waals surface area contributed by atoms with Gasteiger partial charge < -0.3 is 4.52 Å². The Kier molecular flexibility index (Phi) is 4.94. The van der Waals surface area contributed by atoms with E-state index >= 15 is 0 Å². The van der Waals surface area contributed by atoms with Crippen LogP contribution in [0.2, 0.25) is 0 Å². The number of aryl methyl sites for hydroxylation is 2. The Labute approximate surface area is 158 Å². The zero-order valence-electron chi connectivity index (χ0n) is 15.8. The summed E-state index contributed by atoms with van der Waals surface area (Å²) in [5, 5.41) is 8.46. The van der Waals surface area contributed by atoms with Gasteiger partial charge in [0.05, 0.1) is 17.9 Å². The topological polar surface area (TPSA) is 69.1 Å². The first kappa shape index (κ1) is 17.7. The Bertz CT molecular complexity index is 948. The molecule has 27 heavy (non-hydrogen) atoms. The molecule has 1 saturated heterocycles. The predicted molar refractivity (Wildman–Crippen MR) is 102 cm³/mol. The van der Waals surface area contributed by atoms with Gasteiger partial charge in [0.2, 0.25) is 0 Å². The molecule has 1 aliphatic rings. The molecule has 0 spiro atoms. The molecular formula is C20H25N5O2. The predicted octanol–water partition coefficient (Wildman–Crippen LogP) is 2.32. The van der Waals surface area contributed by atoms with Gasteiger partial charge in [0, 0.05) is 19.5 Å². The molecule has 0 bridgehead atoms. The lowest BCUT2D eigenvalue weighted by molar-refractivity contribution is 0.160. The van der Waals surface area contributed by atoms with Gasteiger partial charge >= 0.3 is 5.69 Å². The van der Waals surface area contributed by atoms with Gasteiger partial charge in [-0.05, 0) is 50.9 Å². The highest BCUT2D eigenvalue weighted by atomic mass is 16.5. The fraction of sp³-hybridized carbons (Fsp3) is 0.450. The molecule has 142 valence electrons. The van der Waals surface area contributed by atoms with Crippen molar-refractivity contribution in [2.45, 2.75) is 32.7 Å². The van der Waals surface area contributed by atoms with Crippen LogP contribution in [0.25, 0.3) is 5.69 Å². The maximum Gasteiger partial charge on any atom is 0.350 e. The van der Waals surface area contributed by atoms with Crippen molar-refractivity contribution in [3.8, 4) is 5.69 Å². The normalized spacial score (nSPS) is 16.1. The van der Waals surface area contributed by atoms with Crippen molar-refractivity contribution in [3.63, 3.8) is 0 Å². The summed E-state index contributed by atoms with van der Waals surface area (Å²) >= 11 is 0. The van der Waals surface area contributed by atoms with Gasteiger partial charge in [0.1, 0.15) is 5.82 Å². The minimum atomic E-state index is -0.0886. The number of aromatic nitrogens is 4. The Hall–Kier alpha value is -2.67. The van der Waals surface area contributed by atoms with Gasteiger partial charge in [-0.2, -0.15) is 5.10 Å². The SMILES string of the molecule is Cc1cc(CN2CCC(Cc3nn(C)c(=O)n3-c3ccccc3)CC2)on1. The van der Waals surface area contributed by atoms with Crippen LogP contribution in [-0.4, -0.2) is 37.5 Å². The van der Waals surface area contributed by atoms with Gasteiger partial charge in [0.15, 0.2) is 5.76 Å². The molecule has 0 aliphatic carbocycles. The zero-order chi connectivity index (χ0) is 18.8. The van der Waals surface area contributed by atoms with Crippen molar-refractivity contribution in [1.29, 1.82) is 0 Å². The third-order valence-corrected chi connectivity index (χ3v) is 5.24. The van der Waals surface area contributed by atoms with E-state index < -0.39 is 0 Å². The highest BCUT2D eigenvalue weighted by Crippen LogP contribution is 2.23. The molecule has 1 fully saturated rings. The molecule has 1 aromatic carbocycles. The van der Waals surface area contributed by atoms with Crippen LogP contribution in [-0.2, 0) is 20.0 Å². The van der Waals surface area contributed by atoms with Crippen LogP contribution in [0, 0.1) is 12.8 Å². The summed E-state index contributed by atoms with van der Waals surface area (Å²) in [6.07, 6.45) is 3.00. The van der Waals surface area contributed by atoms with Crippen molar-refractivity contribution < 1.29 is 4.52 Å². The van der Waals surface area contributed by atoms with Crippen molar-refractivity contribution >= 4 is 0 Å². The number of para-hydroxylation sites is 1. The molecule has 0 atom stereocenters. The maximum absolute atomic E-state index is 12.5. The lowest BCUT2D eigenvalue weighted by Crippen LogP contribution is -2.34. The second kappa shape index (κ2) is 7.52. The number of nitrogens with zero attached hydrogens (tertiary/aromatic N) is 5. The average molecular weight is 367 g/mol. The molecule has 0 N–H and O–H groups in total. The molecule has 2 aromatic heterocycles. The van der Waals surface area contributed by atoms with Gasteiger partial charge in [-0.3, -0.25) is 4.90 Å². The molecule has 0 radical (unpaired) electrons. The highest BCUT2D eigenvalue weighted by molar-refractivity contribution is 5.32. The second-order valence-corrected chi connectivity index (χ2v) is 7.35. The molecule has 0 amide bonds. The Balaban J connectivity index is 1.42. The zero-order valence-corrected chi connectivity index (χ0v) is 15.8. The molecular weight excluding hydrogens is 342 g/mol. The molecule has 0 unspecified atom stereocenters. The molecule has 3 aromatic rings. The maximum atomic E-state index is 12.5. The monoisotopic (exact) mass is 367 g/mol. The first-order valence-electron chi connectivity index (χ1n) is 9.45. The summed E-state index contributed by atoms with van der Waals surface area (Å²) in [6.45, 7) is 4.80. The smallest absolute Gasteiger partial charge is 0.350 e. The van der Waals surface area contributed by atoms with Gasteiger partial charge in [-0.1, -0.05) is 23.4 Å². The van der Waals surface area contributed by atoms with E-state index in [9.17, 15) is 4.79 Å². The summed E-state index contributed by atoms with van der Waals surface area (Å²) in [5.41, 5.74) is 1.71. The molecule has 7 nitrogen and oxygen atoms in total. The third kappa shape index (κ3) is 3.88. The quantitative estimate of drug-likeness (QED) is 0.692. The van der Waals surface area contributed by atoms with Crippen LogP contribution in [0.4, 0.5) is 0 Å². The van der Waals surface area contributed by atoms with Crippen molar-refractivity contribution in [2.75, 3.05) is 13.1 Å². The summed E-state index contributed by atoms with van der Waals surface area (Å²) in [7, 11) is 1.72. The van der Waals surface area contributed by atoms with E-state index in [0.717, 1.165) is 61.9 Å². The van der Waals surface area contributed by atoms with Crippen LogP contribution >= 0.6 is 0 Å². The Morgan fingerprint density at radius 1 is 1.19 bits per heavy atom. The molecule has 3 heterocycles. The van der Waals surface area contributed by atoms with Crippen molar-refractivity contribution in [1.82, 2.24) is 24.4 Å². The van der Waals surface area contributed by atoms with Crippen LogP contribution in [0.1, 0.15) is 30.1 Å². The minimum absolute atomic E-state index is 0.0886. The summed E-state index contributed by atoms with van der Waals surface area (Å²) in [6, 6.07) is 11.8. The van der Waals surface area contributed by atoms with E-state index in [1.54, 1.807) is 11.6 Å². The summed E-state index contributed by atoms with van der Waals surface area (Å²) < 4.78 is 8.50. The van der Waals surface area contributed by atoms with Crippen LogP contribution in [0.5, 0.6) is 0 Å². The summed E-state index contributed by atoms with van der Waals surface area (Å²) in [4.78, 5) is 14.9. The van der Waals surface area contributed by atoms with E-state index in [4.69, 9.17) is 4.52 Å². The summed E-state index contributed by atoms with van der Waals surface area (Å²) in [5.74, 6) is 2.30. The van der Waals surface area contributed by atoms with Crippen molar-refractivity contribution in [3.05, 3.63) is 64.2 Å². The van der Waals surface area contributed by atoms with E-state index in [-0.39, 0.29) is 5.69 Å². The van der Waals surface area contributed by atoms with Gasteiger partial charge in [-0.15, -0.1) is 0 Å². The standard InChI is InChI=1S/C20H25N5O2/c1-15-12-18(27-22-15)14-24-10-8-16(9-11-24)13-19-21-23(2)20(26)25(19)17-6-4-3-5-7-17/h3-7,12,16H,8-11,13-14H2,1-2H3.